The molecule has 7 heteroatoms. The van der Waals surface area contributed by atoms with Crippen LogP contribution in [0.3, 0.4) is 0 Å². The Morgan fingerprint density at radius 1 is 1.15 bits per heavy atom. The molecule has 26 heavy (non-hydrogen) atoms. The van der Waals surface area contributed by atoms with Crippen LogP contribution in [0.5, 0.6) is 0 Å². The highest BCUT2D eigenvalue weighted by atomic mass is 19.1. The summed E-state index contributed by atoms with van der Waals surface area (Å²) in [6.45, 7) is 7.60. The fourth-order valence-corrected chi connectivity index (χ4v) is 2.67. The molecule has 5 nitrogen and oxygen atoms in total. The Hall–Kier alpha value is -2.83. The van der Waals surface area contributed by atoms with Crippen LogP contribution < -0.4 is 5.32 Å². The van der Waals surface area contributed by atoms with Gasteiger partial charge in [-0.1, -0.05) is 20.8 Å². The lowest BCUT2D eigenvalue weighted by Crippen LogP contribution is -2.21. The highest BCUT2D eigenvalue weighted by molar-refractivity contribution is 5.92. The van der Waals surface area contributed by atoms with E-state index >= 15 is 0 Å². The molecule has 0 saturated heterocycles. The summed E-state index contributed by atoms with van der Waals surface area (Å²) in [6.07, 6.45) is 0.258. The molecule has 0 spiro atoms. The number of hydrogen-bond acceptors (Lipinski definition) is 3. The van der Waals surface area contributed by atoms with Crippen LogP contribution >= 0.6 is 0 Å². The quantitative estimate of drug-likeness (QED) is 0.756. The number of aromatic nitrogens is 3. The summed E-state index contributed by atoms with van der Waals surface area (Å²) in [5.74, 6) is -1.39. The number of imidazole rings is 1. The first kappa shape index (κ1) is 18.0. The molecule has 2 heterocycles. The van der Waals surface area contributed by atoms with Crippen molar-refractivity contribution in [3.05, 3.63) is 47.7 Å². The number of hydrogen-bond donors (Lipinski definition) is 1. The third-order valence-corrected chi connectivity index (χ3v) is 3.73. The average Bonchev–Trinajstić information content (AvgIpc) is 2.84. The average molecular weight is 358 g/mol. The van der Waals surface area contributed by atoms with Crippen LogP contribution in [0.15, 0.2) is 30.3 Å². The maximum atomic E-state index is 14.4. The summed E-state index contributed by atoms with van der Waals surface area (Å²) in [4.78, 5) is 21.1. The van der Waals surface area contributed by atoms with Gasteiger partial charge in [-0.05, 0) is 36.6 Å². The van der Waals surface area contributed by atoms with Gasteiger partial charge < -0.3 is 0 Å². The molecule has 0 aliphatic rings. The first-order valence-electron chi connectivity index (χ1n) is 8.25. The maximum absolute atomic E-state index is 14.4. The van der Waals surface area contributed by atoms with Crippen molar-refractivity contribution in [3.63, 3.8) is 0 Å². The highest BCUT2D eigenvalue weighted by Gasteiger charge is 2.21. The van der Waals surface area contributed by atoms with Crippen LogP contribution in [-0.4, -0.2) is 20.4 Å². The van der Waals surface area contributed by atoms with Crippen LogP contribution in [0.1, 0.15) is 32.9 Å². The van der Waals surface area contributed by atoms with Crippen molar-refractivity contribution in [1.29, 1.82) is 0 Å². The first-order chi connectivity index (χ1) is 12.1. The number of pyridine rings is 1. The van der Waals surface area contributed by atoms with E-state index in [4.69, 9.17) is 0 Å². The van der Waals surface area contributed by atoms with Crippen molar-refractivity contribution in [2.24, 2.45) is 5.41 Å². The van der Waals surface area contributed by atoms with E-state index in [1.807, 2.05) is 20.8 Å². The molecule has 0 aliphatic heterocycles. The van der Waals surface area contributed by atoms with E-state index in [0.29, 0.717) is 16.9 Å². The Kier molecular flexibility index (Phi) is 4.48. The van der Waals surface area contributed by atoms with E-state index in [1.54, 1.807) is 19.1 Å². The van der Waals surface area contributed by atoms with Crippen molar-refractivity contribution in [2.75, 3.05) is 5.32 Å². The summed E-state index contributed by atoms with van der Waals surface area (Å²) >= 11 is 0. The molecular formula is C19H20F2N4O. The van der Waals surface area contributed by atoms with Gasteiger partial charge in [-0.3, -0.25) is 14.7 Å². The number of nitrogens with zero attached hydrogens (tertiary/aromatic N) is 3. The van der Waals surface area contributed by atoms with Gasteiger partial charge in [-0.2, -0.15) is 0 Å². The summed E-state index contributed by atoms with van der Waals surface area (Å²) < 4.78 is 29.5. The van der Waals surface area contributed by atoms with Crippen LogP contribution in [0.2, 0.25) is 0 Å². The summed E-state index contributed by atoms with van der Waals surface area (Å²) in [6, 6.07) is 6.62. The molecule has 1 N–H and O–H groups in total. The monoisotopic (exact) mass is 358 g/mol. The highest BCUT2D eigenvalue weighted by Crippen LogP contribution is 2.27. The SMILES string of the molecule is Cc1ccc2nc(NC(=O)CC(C)(C)C)n(-c3cc(F)ccc3F)c2n1. The topological polar surface area (TPSA) is 59.8 Å². The summed E-state index contributed by atoms with van der Waals surface area (Å²) in [7, 11) is 0. The molecule has 0 atom stereocenters. The van der Waals surface area contributed by atoms with E-state index in [9.17, 15) is 13.6 Å². The first-order valence-corrected chi connectivity index (χ1v) is 8.25. The van der Waals surface area contributed by atoms with Gasteiger partial charge in [0.15, 0.2) is 5.65 Å². The van der Waals surface area contributed by atoms with Crippen molar-refractivity contribution in [2.45, 2.75) is 34.1 Å². The number of carbonyl (C=O) groups excluding carboxylic acids is 1. The molecule has 136 valence electrons. The van der Waals surface area contributed by atoms with Crippen LogP contribution in [0, 0.1) is 24.0 Å². The standard InChI is InChI=1S/C19H20F2N4O/c1-11-5-8-14-17(22-11)25(15-9-12(20)6-7-13(15)21)18(23-14)24-16(26)10-19(2,3)4/h5-9H,10H2,1-4H3,(H,23,24,26). The van der Waals surface area contributed by atoms with Gasteiger partial charge in [-0.15, -0.1) is 0 Å². The number of benzene rings is 1. The van der Waals surface area contributed by atoms with Gasteiger partial charge >= 0.3 is 0 Å². The molecule has 0 fully saturated rings. The molecular weight excluding hydrogens is 338 g/mol. The normalized spacial score (nSPS) is 11.8. The molecule has 0 saturated carbocycles. The lowest BCUT2D eigenvalue weighted by molar-refractivity contribution is -0.117. The minimum atomic E-state index is -0.639. The zero-order valence-electron chi connectivity index (χ0n) is 15.1. The van der Waals surface area contributed by atoms with Crippen LogP contribution in [-0.2, 0) is 4.79 Å². The number of rotatable bonds is 3. The molecule has 1 aromatic carbocycles. The number of nitrogens with one attached hydrogen (secondary N) is 1. The van der Waals surface area contributed by atoms with Gasteiger partial charge in [0, 0.05) is 18.2 Å². The second-order valence-corrected chi connectivity index (χ2v) is 7.45. The molecule has 0 radical (unpaired) electrons. The maximum Gasteiger partial charge on any atom is 0.227 e. The van der Waals surface area contributed by atoms with E-state index in [2.05, 4.69) is 15.3 Å². The van der Waals surface area contributed by atoms with Crippen LogP contribution in [0.4, 0.5) is 14.7 Å². The lowest BCUT2D eigenvalue weighted by atomic mass is 9.92. The number of fused-ring (bicyclic) bond motifs is 1. The van der Waals surface area contributed by atoms with Gasteiger partial charge in [0.1, 0.15) is 17.2 Å². The van der Waals surface area contributed by atoms with E-state index in [-0.39, 0.29) is 29.4 Å². The molecule has 0 bridgehead atoms. The van der Waals surface area contributed by atoms with Crippen molar-refractivity contribution >= 4 is 23.0 Å². The Morgan fingerprint density at radius 3 is 2.58 bits per heavy atom. The van der Waals surface area contributed by atoms with E-state index < -0.39 is 11.6 Å². The number of anilines is 1. The zero-order chi connectivity index (χ0) is 19.1. The molecule has 3 aromatic rings. The molecule has 0 aliphatic carbocycles. The second-order valence-electron chi connectivity index (χ2n) is 7.45. The summed E-state index contributed by atoms with van der Waals surface area (Å²) in [5, 5.41) is 2.70. The Bertz CT molecular complexity index is 989. The van der Waals surface area contributed by atoms with E-state index in [0.717, 1.165) is 18.2 Å². The predicted molar refractivity (Wildman–Crippen MR) is 96.2 cm³/mol. The Labute approximate surface area is 150 Å². The van der Waals surface area contributed by atoms with Gasteiger partial charge in [0.2, 0.25) is 11.9 Å². The fourth-order valence-electron chi connectivity index (χ4n) is 2.67. The van der Waals surface area contributed by atoms with Crippen LogP contribution in [0.25, 0.3) is 16.9 Å². The molecule has 3 rings (SSSR count). The fraction of sp³-hybridized carbons (Fsp3) is 0.316. The number of halogens is 2. The number of aryl methyl sites for hydroxylation is 1. The third-order valence-electron chi connectivity index (χ3n) is 3.73. The Balaban J connectivity index is 2.17. The zero-order valence-corrected chi connectivity index (χ0v) is 15.1. The van der Waals surface area contributed by atoms with Crippen molar-refractivity contribution in [1.82, 2.24) is 14.5 Å². The summed E-state index contributed by atoms with van der Waals surface area (Å²) in [5.41, 5.74) is 1.24. The number of carbonyl (C=O) groups is 1. The minimum Gasteiger partial charge on any atom is -0.296 e. The predicted octanol–water partition coefficient (Wildman–Crippen LogP) is 4.38. The smallest absolute Gasteiger partial charge is 0.227 e. The van der Waals surface area contributed by atoms with Crippen molar-refractivity contribution < 1.29 is 13.6 Å². The van der Waals surface area contributed by atoms with Gasteiger partial charge in [0.05, 0.1) is 5.69 Å². The lowest BCUT2D eigenvalue weighted by Gasteiger charge is -2.17. The molecule has 0 unspecified atom stereocenters. The van der Waals surface area contributed by atoms with Crippen molar-refractivity contribution in [3.8, 4) is 5.69 Å². The van der Waals surface area contributed by atoms with Gasteiger partial charge in [0.25, 0.3) is 0 Å². The van der Waals surface area contributed by atoms with Gasteiger partial charge in [-0.25, -0.2) is 18.7 Å². The van der Waals surface area contributed by atoms with E-state index in [1.165, 1.54) is 4.57 Å². The number of amides is 1. The largest absolute Gasteiger partial charge is 0.296 e. The third kappa shape index (κ3) is 3.71. The second kappa shape index (κ2) is 6.48. The Morgan fingerprint density at radius 2 is 1.88 bits per heavy atom. The molecule has 1 amide bonds. The minimum absolute atomic E-state index is 0.0586. The molecule has 2 aromatic heterocycles.